The van der Waals surface area contributed by atoms with Crippen molar-refractivity contribution in [1.29, 1.82) is 0 Å². The van der Waals surface area contributed by atoms with Gasteiger partial charge in [0.25, 0.3) is 0 Å². The second-order valence-corrected chi connectivity index (χ2v) is 4.96. The summed E-state index contributed by atoms with van der Waals surface area (Å²) >= 11 is 1.85. The molecule has 0 spiro atoms. The van der Waals surface area contributed by atoms with Gasteiger partial charge in [-0.3, -0.25) is 4.98 Å². The SMILES string of the molecule is Cc1nccnc1SCC1CCNCC1. The van der Waals surface area contributed by atoms with Gasteiger partial charge >= 0.3 is 0 Å². The molecule has 2 heterocycles. The highest BCUT2D eigenvalue weighted by atomic mass is 32.2. The van der Waals surface area contributed by atoms with E-state index in [-0.39, 0.29) is 0 Å². The van der Waals surface area contributed by atoms with E-state index in [4.69, 9.17) is 0 Å². The Balaban J connectivity index is 1.84. The van der Waals surface area contributed by atoms with Crippen LogP contribution in [0.15, 0.2) is 17.4 Å². The molecule has 1 aromatic heterocycles. The summed E-state index contributed by atoms with van der Waals surface area (Å²) in [5, 5.41) is 4.48. The van der Waals surface area contributed by atoms with E-state index in [9.17, 15) is 0 Å². The predicted molar refractivity (Wildman–Crippen MR) is 63.1 cm³/mol. The Morgan fingerprint density at radius 1 is 1.33 bits per heavy atom. The number of piperidine rings is 1. The normalized spacial score (nSPS) is 17.9. The maximum Gasteiger partial charge on any atom is 0.117 e. The monoisotopic (exact) mass is 223 g/mol. The molecule has 0 aliphatic carbocycles. The molecule has 1 aromatic rings. The van der Waals surface area contributed by atoms with Crippen LogP contribution >= 0.6 is 11.8 Å². The Bertz CT molecular complexity index is 310. The van der Waals surface area contributed by atoms with Crippen molar-refractivity contribution in [2.24, 2.45) is 5.92 Å². The summed E-state index contributed by atoms with van der Waals surface area (Å²) in [6.07, 6.45) is 6.13. The molecule has 1 aliphatic rings. The molecule has 0 unspecified atom stereocenters. The van der Waals surface area contributed by atoms with Gasteiger partial charge in [0.15, 0.2) is 0 Å². The molecule has 1 fully saturated rings. The van der Waals surface area contributed by atoms with Gasteiger partial charge in [0.1, 0.15) is 5.03 Å². The zero-order valence-electron chi connectivity index (χ0n) is 9.07. The molecule has 15 heavy (non-hydrogen) atoms. The van der Waals surface area contributed by atoms with Crippen molar-refractivity contribution in [1.82, 2.24) is 15.3 Å². The molecule has 1 saturated heterocycles. The zero-order chi connectivity index (χ0) is 10.5. The summed E-state index contributed by atoms with van der Waals surface area (Å²) in [5.74, 6) is 2.03. The fraction of sp³-hybridized carbons (Fsp3) is 0.636. The first-order chi connectivity index (χ1) is 7.36. The van der Waals surface area contributed by atoms with Crippen LogP contribution in [0, 0.1) is 12.8 Å². The van der Waals surface area contributed by atoms with E-state index in [1.165, 1.54) is 31.7 Å². The molecular formula is C11H17N3S. The van der Waals surface area contributed by atoms with Gasteiger partial charge in [0.05, 0.1) is 5.69 Å². The summed E-state index contributed by atoms with van der Waals surface area (Å²) in [4.78, 5) is 8.59. The molecule has 0 aromatic carbocycles. The number of hydrogen-bond donors (Lipinski definition) is 1. The van der Waals surface area contributed by atoms with Gasteiger partial charge < -0.3 is 5.32 Å². The highest BCUT2D eigenvalue weighted by Gasteiger charge is 2.13. The van der Waals surface area contributed by atoms with Crippen LogP contribution in [-0.4, -0.2) is 28.8 Å². The third-order valence-electron chi connectivity index (χ3n) is 2.75. The fourth-order valence-electron chi connectivity index (χ4n) is 1.78. The van der Waals surface area contributed by atoms with Crippen LogP contribution in [0.2, 0.25) is 0 Å². The van der Waals surface area contributed by atoms with Crippen LogP contribution in [0.4, 0.5) is 0 Å². The number of aromatic nitrogens is 2. The Hall–Kier alpha value is -0.610. The number of nitrogens with zero attached hydrogens (tertiary/aromatic N) is 2. The number of thioether (sulfide) groups is 1. The minimum Gasteiger partial charge on any atom is -0.317 e. The van der Waals surface area contributed by atoms with Gasteiger partial charge in [-0.2, -0.15) is 0 Å². The maximum absolute atomic E-state index is 4.35. The second-order valence-electron chi connectivity index (χ2n) is 3.95. The molecule has 0 saturated carbocycles. The van der Waals surface area contributed by atoms with E-state index in [1.54, 1.807) is 12.4 Å². The summed E-state index contributed by atoms with van der Waals surface area (Å²) in [6, 6.07) is 0. The first-order valence-electron chi connectivity index (χ1n) is 5.47. The van der Waals surface area contributed by atoms with E-state index in [1.807, 2.05) is 18.7 Å². The topological polar surface area (TPSA) is 37.8 Å². The van der Waals surface area contributed by atoms with E-state index < -0.39 is 0 Å². The van der Waals surface area contributed by atoms with Gasteiger partial charge in [0.2, 0.25) is 0 Å². The largest absolute Gasteiger partial charge is 0.317 e. The first-order valence-corrected chi connectivity index (χ1v) is 6.46. The summed E-state index contributed by atoms with van der Waals surface area (Å²) < 4.78 is 0. The van der Waals surface area contributed by atoms with Crippen molar-refractivity contribution >= 4 is 11.8 Å². The molecule has 0 amide bonds. The number of aryl methyl sites for hydroxylation is 1. The molecule has 82 valence electrons. The summed E-state index contributed by atoms with van der Waals surface area (Å²) in [5.41, 5.74) is 1.05. The molecular weight excluding hydrogens is 206 g/mol. The van der Waals surface area contributed by atoms with Gasteiger partial charge in [-0.1, -0.05) is 0 Å². The van der Waals surface area contributed by atoms with Gasteiger partial charge in [0, 0.05) is 18.1 Å². The molecule has 1 aliphatic heterocycles. The van der Waals surface area contributed by atoms with Crippen LogP contribution < -0.4 is 5.32 Å². The molecule has 2 rings (SSSR count). The summed E-state index contributed by atoms with van der Waals surface area (Å²) in [7, 11) is 0. The average Bonchev–Trinajstić information content (AvgIpc) is 2.29. The van der Waals surface area contributed by atoms with Crippen molar-refractivity contribution in [3.05, 3.63) is 18.1 Å². The first kappa shape index (κ1) is 10.9. The van der Waals surface area contributed by atoms with E-state index in [0.717, 1.165) is 16.6 Å². The van der Waals surface area contributed by atoms with Crippen molar-refractivity contribution < 1.29 is 0 Å². The van der Waals surface area contributed by atoms with E-state index >= 15 is 0 Å². The van der Waals surface area contributed by atoms with E-state index in [2.05, 4.69) is 15.3 Å². The van der Waals surface area contributed by atoms with Crippen LogP contribution in [0.5, 0.6) is 0 Å². The number of nitrogens with one attached hydrogen (secondary N) is 1. The highest BCUT2D eigenvalue weighted by molar-refractivity contribution is 7.99. The average molecular weight is 223 g/mol. The van der Waals surface area contributed by atoms with Gasteiger partial charge in [-0.05, 0) is 38.8 Å². The Morgan fingerprint density at radius 3 is 2.80 bits per heavy atom. The second kappa shape index (κ2) is 5.47. The molecule has 3 nitrogen and oxygen atoms in total. The molecule has 4 heteroatoms. The van der Waals surface area contributed by atoms with Crippen molar-refractivity contribution in [2.75, 3.05) is 18.8 Å². The third-order valence-corrected chi connectivity index (χ3v) is 4.06. The quantitative estimate of drug-likeness (QED) is 0.794. The van der Waals surface area contributed by atoms with Crippen molar-refractivity contribution in [2.45, 2.75) is 24.8 Å². The lowest BCUT2D eigenvalue weighted by molar-refractivity contribution is 0.408. The third kappa shape index (κ3) is 3.18. The predicted octanol–water partition coefficient (Wildman–Crippen LogP) is 1.88. The maximum atomic E-state index is 4.35. The van der Waals surface area contributed by atoms with Crippen LogP contribution in [0.1, 0.15) is 18.5 Å². The Labute approximate surface area is 95.1 Å². The van der Waals surface area contributed by atoms with Gasteiger partial charge in [-0.15, -0.1) is 11.8 Å². The number of hydrogen-bond acceptors (Lipinski definition) is 4. The summed E-state index contributed by atoms with van der Waals surface area (Å²) in [6.45, 7) is 4.37. The van der Waals surface area contributed by atoms with Crippen LogP contribution in [-0.2, 0) is 0 Å². The molecule has 1 N–H and O–H groups in total. The minimum atomic E-state index is 0.845. The smallest absolute Gasteiger partial charge is 0.117 e. The molecule has 0 atom stereocenters. The van der Waals surface area contributed by atoms with Gasteiger partial charge in [-0.25, -0.2) is 4.98 Å². The minimum absolute atomic E-state index is 0.845. The Kier molecular flexibility index (Phi) is 3.97. The fourth-order valence-corrected chi connectivity index (χ4v) is 2.91. The lowest BCUT2D eigenvalue weighted by Crippen LogP contribution is -2.28. The highest BCUT2D eigenvalue weighted by Crippen LogP contribution is 2.24. The Morgan fingerprint density at radius 2 is 2.07 bits per heavy atom. The number of rotatable bonds is 3. The van der Waals surface area contributed by atoms with Crippen LogP contribution in [0.3, 0.4) is 0 Å². The lowest BCUT2D eigenvalue weighted by atomic mass is 10.0. The van der Waals surface area contributed by atoms with Crippen LogP contribution in [0.25, 0.3) is 0 Å². The zero-order valence-corrected chi connectivity index (χ0v) is 9.89. The lowest BCUT2D eigenvalue weighted by Gasteiger charge is -2.21. The van der Waals surface area contributed by atoms with Crippen molar-refractivity contribution in [3.63, 3.8) is 0 Å². The van der Waals surface area contributed by atoms with E-state index in [0.29, 0.717) is 0 Å². The molecule has 0 bridgehead atoms. The standard InChI is InChI=1S/C11H17N3S/c1-9-11(14-7-6-13-9)15-8-10-2-4-12-5-3-10/h6-7,10,12H,2-5,8H2,1H3. The molecule has 0 radical (unpaired) electrons. The van der Waals surface area contributed by atoms with Crippen molar-refractivity contribution in [3.8, 4) is 0 Å².